The summed E-state index contributed by atoms with van der Waals surface area (Å²) in [7, 11) is -3.15. The van der Waals surface area contributed by atoms with Crippen molar-refractivity contribution in [2.24, 2.45) is 0 Å². The second-order valence-electron chi connectivity index (χ2n) is 4.83. The van der Waals surface area contributed by atoms with Crippen molar-refractivity contribution in [2.75, 3.05) is 0 Å². The van der Waals surface area contributed by atoms with Gasteiger partial charge in [0, 0.05) is 0 Å². The maximum atomic E-state index is 12.6. The minimum Gasteiger partial charge on any atom is -0.456 e. The Kier molecular flexibility index (Phi) is 5.24. The van der Waals surface area contributed by atoms with Crippen molar-refractivity contribution in [3.8, 4) is 17.6 Å². The topological polar surface area (TPSA) is 70.3 Å². The van der Waals surface area contributed by atoms with Crippen molar-refractivity contribution >= 4 is 24.9 Å². The third-order valence-corrected chi connectivity index (χ3v) is 4.31. The van der Waals surface area contributed by atoms with Crippen molar-refractivity contribution in [1.29, 1.82) is 5.26 Å². The molecule has 0 radical (unpaired) electrons. The van der Waals surface area contributed by atoms with Gasteiger partial charge in [0.1, 0.15) is 11.5 Å². The van der Waals surface area contributed by atoms with Gasteiger partial charge < -0.3 is 9.63 Å². The van der Waals surface area contributed by atoms with Crippen LogP contribution in [0.5, 0.6) is 11.5 Å². The number of hydrogen-bond donors (Lipinski definition) is 1. The number of benzene rings is 2. The zero-order valence-electron chi connectivity index (χ0n) is 12.1. The van der Waals surface area contributed by atoms with E-state index in [-0.39, 0.29) is 27.4 Å². The first-order valence-electron chi connectivity index (χ1n) is 6.46. The molecule has 1 atom stereocenters. The summed E-state index contributed by atoms with van der Waals surface area (Å²) in [4.78, 5) is 9.29. The molecule has 1 N–H and O–H groups in total. The maximum absolute atomic E-state index is 12.6. The molecule has 2 aromatic rings. The first-order chi connectivity index (χ1) is 11.1. The molecule has 0 heterocycles. The van der Waals surface area contributed by atoms with Crippen LogP contribution in [0.2, 0.25) is 5.02 Å². The molecule has 2 rings (SSSR count). The highest BCUT2D eigenvalue weighted by molar-refractivity contribution is 7.47. The average Bonchev–Trinajstić information content (AvgIpc) is 2.49. The highest BCUT2D eigenvalue weighted by atomic mass is 35.5. The average molecular weight is 376 g/mol. The van der Waals surface area contributed by atoms with Crippen LogP contribution in [0.15, 0.2) is 30.3 Å². The van der Waals surface area contributed by atoms with Crippen molar-refractivity contribution in [2.45, 2.75) is 13.1 Å². The fraction of sp³-hybridized carbons (Fsp3) is 0.133. The number of rotatable bonds is 3. The lowest BCUT2D eigenvalue weighted by molar-refractivity contribution is -0.137. The van der Waals surface area contributed by atoms with Gasteiger partial charge in [-0.25, -0.2) is 0 Å². The summed E-state index contributed by atoms with van der Waals surface area (Å²) in [6.07, 6.45) is -4.53. The van der Waals surface area contributed by atoms with Crippen molar-refractivity contribution < 1.29 is 27.4 Å². The van der Waals surface area contributed by atoms with Gasteiger partial charge in [0.2, 0.25) is 8.03 Å². The van der Waals surface area contributed by atoms with E-state index >= 15 is 0 Å². The zero-order chi connectivity index (χ0) is 18.1. The van der Waals surface area contributed by atoms with Gasteiger partial charge >= 0.3 is 6.18 Å². The summed E-state index contributed by atoms with van der Waals surface area (Å²) in [6.45, 7) is 1.59. The minimum atomic E-state index is -4.53. The molecule has 0 spiro atoms. The number of ether oxygens (including phenoxy) is 1. The van der Waals surface area contributed by atoms with E-state index < -0.39 is 19.8 Å². The lowest BCUT2D eigenvalue weighted by atomic mass is 10.1. The van der Waals surface area contributed by atoms with Gasteiger partial charge in [-0.05, 0) is 42.8 Å². The van der Waals surface area contributed by atoms with E-state index in [9.17, 15) is 22.6 Å². The van der Waals surface area contributed by atoms with E-state index in [0.717, 1.165) is 18.2 Å². The Hall–Kier alpha value is -2.00. The fourth-order valence-corrected chi connectivity index (χ4v) is 2.78. The Morgan fingerprint density at radius 1 is 1.25 bits per heavy atom. The number of nitriles is 1. The van der Waals surface area contributed by atoms with Crippen LogP contribution in [0.4, 0.5) is 13.2 Å². The monoisotopic (exact) mass is 375 g/mol. The largest absolute Gasteiger partial charge is 0.456 e. The Bertz CT molecular complexity index is 862. The molecule has 0 fully saturated rings. The molecule has 0 aromatic heterocycles. The minimum absolute atomic E-state index is 0.0322. The summed E-state index contributed by atoms with van der Waals surface area (Å²) in [5.41, 5.74) is -0.420. The maximum Gasteiger partial charge on any atom is 0.416 e. The van der Waals surface area contributed by atoms with Crippen molar-refractivity contribution in [1.82, 2.24) is 0 Å². The van der Waals surface area contributed by atoms with Gasteiger partial charge in [-0.3, -0.25) is 4.57 Å². The molecule has 126 valence electrons. The van der Waals surface area contributed by atoms with Crippen LogP contribution < -0.4 is 10.0 Å². The standard InChI is InChI=1S/C15H10ClF3NO3P/c1-8-4-9(7-20)14(24(21)22)6-13(8)23-12-3-2-10(5-11(12)16)15(17,18)19/h2-6,24H,1H3,(H,21,22). The van der Waals surface area contributed by atoms with Crippen molar-refractivity contribution in [3.63, 3.8) is 0 Å². The number of halogens is 4. The molecule has 4 nitrogen and oxygen atoms in total. The molecule has 0 aliphatic rings. The predicted molar refractivity (Wildman–Crippen MR) is 83.3 cm³/mol. The number of alkyl halides is 3. The van der Waals surface area contributed by atoms with Crippen molar-refractivity contribution in [3.05, 3.63) is 52.0 Å². The molecule has 0 aliphatic heterocycles. The van der Waals surface area contributed by atoms with E-state index in [1.54, 1.807) is 13.0 Å². The van der Waals surface area contributed by atoms with Crippen LogP contribution in [0, 0.1) is 18.3 Å². The van der Waals surface area contributed by atoms with Gasteiger partial charge in [-0.2, -0.15) is 18.4 Å². The van der Waals surface area contributed by atoms with Crippen LogP contribution in [0.1, 0.15) is 16.7 Å². The molecule has 1 unspecified atom stereocenters. The molecular formula is C15H10ClF3NO3P. The Balaban J connectivity index is 2.44. The van der Waals surface area contributed by atoms with E-state index in [4.69, 9.17) is 21.6 Å². The van der Waals surface area contributed by atoms with Gasteiger partial charge in [-0.15, -0.1) is 0 Å². The Labute approximate surface area is 140 Å². The number of aryl methyl sites for hydroxylation is 1. The third kappa shape index (κ3) is 3.90. The highest BCUT2D eigenvalue weighted by Gasteiger charge is 2.31. The van der Waals surface area contributed by atoms with Crippen LogP contribution in [0.3, 0.4) is 0 Å². The molecule has 0 saturated carbocycles. The second kappa shape index (κ2) is 6.86. The summed E-state index contributed by atoms with van der Waals surface area (Å²) in [5, 5.41) is 8.62. The smallest absolute Gasteiger partial charge is 0.416 e. The Morgan fingerprint density at radius 2 is 1.92 bits per heavy atom. The third-order valence-electron chi connectivity index (χ3n) is 3.15. The normalized spacial score (nSPS) is 12.5. The first kappa shape index (κ1) is 18.3. The fourth-order valence-electron chi connectivity index (χ4n) is 1.95. The Morgan fingerprint density at radius 3 is 2.42 bits per heavy atom. The lowest BCUT2D eigenvalue weighted by Crippen LogP contribution is -2.06. The van der Waals surface area contributed by atoms with Crippen LogP contribution in [-0.2, 0) is 10.7 Å². The van der Waals surface area contributed by atoms with E-state index in [1.165, 1.54) is 12.1 Å². The summed E-state index contributed by atoms with van der Waals surface area (Å²) in [5.74, 6) is 0.0825. The van der Waals surface area contributed by atoms with E-state index in [2.05, 4.69) is 0 Å². The van der Waals surface area contributed by atoms with Crippen LogP contribution in [0.25, 0.3) is 0 Å². The molecule has 0 amide bonds. The van der Waals surface area contributed by atoms with Crippen LogP contribution in [-0.4, -0.2) is 4.89 Å². The van der Waals surface area contributed by atoms with Gasteiger partial charge in [-0.1, -0.05) is 11.6 Å². The first-order valence-corrected chi connectivity index (χ1v) is 8.19. The summed E-state index contributed by atoms with van der Waals surface area (Å²) in [6, 6.07) is 6.98. The molecule has 0 bridgehead atoms. The molecular weight excluding hydrogens is 366 g/mol. The predicted octanol–water partition coefficient (Wildman–Crippen LogP) is 4.42. The summed E-state index contributed by atoms with van der Waals surface area (Å²) >= 11 is 5.82. The van der Waals surface area contributed by atoms with Crippen LogP contribution >= 0.6 is 19.6 Å². The molecule has 9 heteroatoms. The summed E-state index contributed by atoms with van der Waals surface area (Å²) < 4.78 is 54.7. The quantitative estimate of drug-likeness (QED) is 0.806. The lowest BCUT2D eigenvalue weighted by Gasteiger charge is -2.14. The number of nitrogens with zero attached hydrogens (tertiary/aromatic N) is 1. The molecule has 0 saturated heterocycles. The molecule has 2 aromatic carbocycles. The van der Waals surface area contributed by atoms with E-state index in [0.29, 0.717) is 5.56 Å². The zero-order valence-corrected chi connectivity index (χ0v) is 13.9. The van der Waals surface area contributed by atoms with Gasteiger partial charge in [0.05, 0.1) is 27.5 Å². The van der Waals surface area contributed by atoms with Gasteiger partial charge in [0.25, 0.3) is 0 Å². The molecule has 24 heavy (non-hydrogen) atoms. The second-order valence-corrected chi connectivity index (χ2v) is 6.38. The SMILES string of the molecule is Cc1cc(C#N)c([PH](=O)O)cc1Oc1ccc(C(F)(F)F)cc1Cl. The molecule has 0 aliphatic carbocycles. The highest BCUT2D eigenvalue weighted by Crippen LogP contribution is 2.37. The van der Waals surface area contributed by atoms with Gasteiger partial charge in [0.15, 0.2) is 0 Å². The number of hydrogen-bond acceptors (Lipinski definition) is 3. The van der Waals surface area contributed by atoms with E-state index in [1.807, 2.05) is 0 Å².